The van der Waals surface area contributed by atoms with Crippen molar-refractivity contribution < 1.29 is 19.4 Å². The van der Waals surface area contributed by atoms with Gasteiger partial charge in [-0.05, 0) is 74.2 Å². The van der Waals surface area contributed by atoms with Gasteiger partial charge in [-0.15, -0.1) is 0 Å². The van der Waals surface area contributed by atoms with Gasteiger partial charge < -0.3 is 24.8 Å². The van der Waals surface area contributed by atoms with E-state index in [1.165, 1.54) is 0 Å². The van der Waals surface area contributed by atoms with Crippen LogP contribution in [0.15, 0.2) is 84.9 Å². The maximum atomic E-state index is 13.6. The first-order chi connectivity index (χ1) is 21.9. The summed E-state index contributed by atoms with van der Waals surface area (Å²) in [7, 11) is 0. The normalized spacial score (nSPS) is 15.4. The summed E-state index contributed by atoms with van der Waals surface area (Å²) in [5.74, 6) is 0.270. The number of phenols is 1. The van der Waals surface area contributed by atoms with Crippen LogP contribution in [0.3, 0.4) is 0 Å². The molecule has 0 saturated heterocycles. The van der Waals surface area contributed by atoms with Gasteiger partial charge in [0, 0.05) is 52.9 Å². The molecular weight excluding hydrogens is 560 g/mol. The number of fused-ring (bicyclic) bond motifs is 1. The van der Waals surface area contributed by atoms with E-state index in [-0.39, 0.29) is 5.75 Å². The van der Waals surface area contributed by atoms with E-state index >= 15 is 0 Å². The number of anilines is 3. The van der Waals surface area contributed by atoms with Crippen LogP contribution in [0, 0.1) is 6.92 Å². The molecule has 1 unspecified atom stereocenters. The van der Waals surface area contributed by atoms with Crippen molar-refractivity contribution in [1.29, 1.82) is 0 Å². The summed E-state index contributed by atoms with van der Waals surface area (Å²) >= 11 is 0. The summed E-state index contributed by atoms with van der Waals surface area (Å²) in [6.45, 7) is 10.9. The number of aryl methyl sites for hydroxylation is 1. The molecule has 1 aliphatic heterocycles. The number of nitrogens with zero attached hydrogens (tertiary/aromatic N) is 1. The molecule has 0 saturated carbocycles. The first-order valence-electron chi connectivity index (χ1n) is 16.4. The van der Waals surface area contributed by atoms with Gasteiger partial charge >= 0.3 is 5.97 Å². The fourth-order valence-corrected chi connectivity index (χ4v) is 6.06. The molecular formula is C39H46N2O4. The molecule has 0 amide bonds. The lowest BCUT2D eigenvalue weighted by Gasteiger charge is -2.34. The minimum Gasteiger partial charge on any atom is -0.507 e. The number of rotatable bonds is 15. The minimum atomic E-state index is -1.42. The third kappa shape index (κ3) is 6.65. The fourth-order valence-electron chi connectivity index (χ4n) is 6.06. The second kappa shape index (κ2) is 14.6. The zero-order valence-corrected chi connectivity index (χ0v) is 27.1. The Kier molecular flexibility index (Phi) is 10.3. The molecule has 2 N–H and O–H groups in total. The summed E-state index contributed by atoms with van der Waals surface area (Å²) in [6.07, 6.45) is 6.20. The molecule has 0 bridgehead atoms. The van der Waals surface area contributed by atoms with Crippen molar-refractivity contribution in [2.24, 2.45) is 0 Å². The Bertz CT molecular complexity index is 1590. The van der Waals surface area contributed by atoms with Crippen molar-refractivity contribution in [2.45, 2.75) is 71.8 Å². The molecule has 0 spiro atoms. The van der Waals surface area contributed by atoms with Crippen LogP contribution in [0.4, 0.5) is 17.1 Å². The fraction of sp³-hybridized carbons (Fsp3) is 0.359. The third-order valence-corrected chi connectivity index (χ3v) is 8.58. The number of esters is 1. The monoisotopic (exact) mass is 606 g/mol. The predicted octanol–water partition coefficient (Wildman–Crippen LogP) is 9.49. The zero-order valence-electron chi connectivity index (χ0n) is 27.1. The highest BCUT2D eigenvalue weighted by atomic mass is 16.6. The maximum Gasteiger partial charge on any atom is 0.340 e. The van der Waals surface area contributed by atoms with Gasteiger partial charge in [-0.2, -0.15) is 0 Å². The first-order valence-corrected chi connectivity index (χ1v) is 16.4. The van der Waals surface area contributed by atoms with Gasteiger partial charge in [0.2, 0.25) is 0 Å². The van der Waals surface area contributed by atoms with E-state index in [9.17, 15) is 9.90 Å². The third-order valence-electron chi connectivity index (χ3n) is 8.58. The SMILES string of the molecule is CCCCOc1cc(C)c(Nc2ccccc2)cc1C1(c2ccc(N(CCCC)CCCC)cc2O)OC(=O)c2ccccc21. The van der Waals surface area contributed by atoms with Crippen LogP contribution in [0.5, 0.6) is 11.5 Å². The average molecular weight is 607 g/mol. The van der Waals surface area contributed by atoms with Crippen LogP contribution in [0.2, 0.25) is 0 Å². The van der Waals surface area contributed by atoms with E-state index in [0.29, 0.717) is 34.6 Å². The summed E-state index contributed by atoms with van der Waals surface area (Å²) < 4.78 is 12.9. The smallest absolute Gasteiger partial charge is 0.340 e. The van der Waals surface area contributed by atoms with Crippen LogP contribution in [0.1, 0.15) is 91.9 Å². The van der Waals surface area contributed by atoms with Gasteiger partial charge in [0.05, 0.1) is 12.2 Å². The number of carbonyl (C=O) groups excluding carboxylic acids is 1. The van der Waals surface area contributed by atoms with Crippen molar-refractivity contribution in [3.8, 4) is 11.5 Å². The molecule has 5 rings (SSSR count). The van der Waals surface area contributed by atoms with Crippen molar-refractivity contribution >= 4 is 23.0 Å². The van der Waals surface area contributed by atoms with Crippen molar-refractivity contribution in [2.75, 3.05) is 29.9 Å². The molecule has 1 heterocycles. The molecule has 236 valence electrons. The number of ether oxygens (including phenoxy) is 2. The molecule has 0 fully saturated rings. The molecule has 1 atom stereocenters. The van der Waals surface area contributed by atoms with E-state index in [4.69, 9.17) is 9.47 Å². The highest BCUT2D eigenvalue weighted by Crippen LogP contribution is 2.53. The molecule has 6 nitrogen and oxygen atoms in total. The Balaban J connectivity index is 1.72. The topological polar surface area (TPSA) is 71.0 Å². The van der Waals surface area contributed by atoms with Gasteiger partial charge in [-0.25, -0.2) is 4.79 Å². The highest BCUT2D eigenvalue weighted by Gasteiger charge is 2.51. The van der Waals surface area contributed by atoms with Crippen LogP contribution >= 0.6 is 0 Å². The van der Waals surface area contributed by atoms with E-state index in [2.05, 4.69) is 31.0 Å². The van der Waals surface area contributed by atoms with Crippen LogP contribution in [0.25, 0.3) is 0 Å². The number of phenolic OH excluding ortho intramolecular Hbond substituents is 1. The standard InChI is InChI=1S/C39H46N2O4/c1-5-8-22-41(23-9-6-2)30-20-21-33(36(42)26-30)39(32-19-15-14-18-31(32)38(43)45-39)34-27-35(40-29-16-12-11-13-17-29)28(4)25-37(34)44-24-10-7-3/h11-21,25-27,40,42H,5-10,22-24H2,1-4H3. The number of hydrogen-bond acceptors (Lipinski definition) is 6. The average Bonchev–Trinajstić information content (AvgIpc) is 3.35. The second-order valence-electron chi connectivity index (χ2n) is 11.9. The highest BCUT2D eigenvalue weighted by molar-refractivity contribution is 5.97. The molecule has 0 aliphatic carbocycles. The molecule has 45 heavy (non-hydrogen) atoms. The molecule has 0 aromatic heterocycles. The molecule has 1 aliphatic rings. The van der Waals surface area contributed by atoms with Gasteiger partial charge in [-0.3, -0.25) is 0 Å². The number of para-hydroxylation sites is 1. The lowest BCUT2D eigenvalue weighted by molar-refractivity contribution is 0.0237. The van der Waals surface area contributed by atoms with Crippen molar-refractivity contribution in [3.05, 3.63) is 113 Å². The quantitative estimate of drug-likeness (QED) is 0.104. The van der Waals surface area contributed by atoms with Crippen molar-refractivity contribution in [3.63, 3.8) is 0 Å². The Labute approximate surface area is 268 Å². The Hall–Kier alpha value is -4.45. The van der Waals surface area contributed by atoms with Crippen LogP contribution < -0.4 is 15.0 Å². The largest absolute Gasteiger partial charge is 0.507 e. The second-order valence-corrected chi connectivity index (χ2v) is 11.9. The number of hydrogen-bond donors (Lipinski definition) is 2. The summed E-state index contributed by atoms with van der Waals surface area (Å²) in [5, 5.41) is 15.4. The Morgan fingerprint density at radius 1 is 0.800 bits per heavy atom. The zero-order chi connectivity index (χ0) is 31.8. The Morgan fingerprint density at radius 2 is 1.49 bits per heavy atom. The van der Waals surface area contributed by atoms with Gasteiger partial charge in [0.1, 0.15) is 11.5 Å². The number of benzene rings is 4. The van der Waals surface area contributed by atoms with Crippen LogP contribution in [-0.4, -0.2) is 30.8 Å². The van der Waals surface area contributed by atoms with E-state index < -0.39 is 11.6 Å². The molecule has 4 aromatic rings. The minimum absolute atomic E-state index is 0.0765. The number of cyclic esters (lactones) is 1. The van der Waals surface area contributed by atoms with E-state index in [0.717, 1.165) is 74.2 Å². The van der Waals surface area contributed by atoms with Gasteiger partial charge in [0.25, 0.3) is 0 Å². The lowest BCUT2D eigenvalue weighted by Crippen LogP contribution is -2.31. The van der Waals surface area contributed by atoms with Gasteiger partial charge in [0.15, 0.2) is 5.60 Å². The predicted molar refractivity (Wildman–Crippen MR) is 183 cm³/mol. The van der Waals surface area contributed by atoms with Crippen LogP contribution in [-0.2, 0) is 10.3 Å². The number of carbonyl (C=O) groups is 1. The molecule has 0 radical (unpaired) electrons. The molecule has 4 aromatic carbocycles. The van der Waals surface area contributed by atoms with Crippen molar-refractivity contribution in [1.82, 2.24) is 0 Å². The molecule has 6 heteroatoms. The first kappa shape index (κ1) is 32.0. The summed E-state index contributed by atoms with van der Waals surface area (Å²) in [5.41, 5.74) is 4.66. The maximum absolute atomic E-state index is 13.6. The Morgan fingerprint density at radius 3 is 2.18 bits per heavy atom. The number of aromatic hydroxyl groups is 1. The summed E-state index contributed by atoms with van der Waals surface area (Å²) in [6, 6.07) is 27.3. The summed E-state index contributed by atoms with van der Waals surface area (Å²) in [4.78, 5) is 15.9. The van der Waals surface area contributed by atoms with E-state index in [1.54, 1.807) is 6.07 Å². The van der Waals surface area contributed by atoms with E-state index in [1.807, 2.05) is 85.8 Å². The lowest BCUT2D eigenvalue weighted by atomic mass is 9.78. The number of unbranched alkanes of at least 4 members (excludes halogenated alkanes) is 3. The number of nitrogens with one attached hydrogen (secondary N) is 1. The van der Waals surface area contributed by atoms with Gasteiger partial charge in [-0.1, -0.05) is 76.4 Å².